The Morgan fingerprint density at radius 2 is 2.00 bits per heavy atom. The largest absolute Gasteiger partial charge is 0.496 e. The smallest absolute Gasteiger partial charge is 0.342 e. The maximum atomic E-state index is 12.4. The minimum Gasteiger partial charge on any atom is -0.496 e. The zero-order valence-electron chi connectivity index (χ0n) is 15.5. The van der Waals surface area contributed by atoms with E-state index in [4.69, 9.17) is 14.6 Å². The molecule has 1 heterocycles. The van der Waals surface area contributed by atoms with Gasteiger partial charge in [-0.25, -0.2) is 26.8 Å². The third-order valence-electron chi connectivity index (χ3n) is 4.36. The summed E-state index contributed by atoms with van der Waals surface area (Å²) in [6, 6.07) is 2.97. The van der Waals surface area contributed by atoms with Crippen LogP contribution in [0.2, 0.25) is 0 Å². The second kappa shape index (κ2) is 8.45. The molecule has 0 aromatic heterocycles. The van der Waals surface area contributed by atoms with E-state index in [1.807, 2.05) is 0 Å². The maximum Gasteiger partial charge on any atom is 0.342 e. The van der Waals surface area contributed by atoms with Crippen LogP contribution in [0.3, 0.4) is 0 Å². The van der Waals surface area contributed by atoms with E-state index < -0.39 is 44.4 Å². The van der Waals surface area contributed by atoms with Crippen molar-refractivity contribution in [3.63, 3.8) is 0 Å². The highest BCUT2D eigenvalue weighted by Gasteiger charge is 2.34. The summed E-state index contributed by atoms with van der Waals surface area (Å²) in [4.78, 5) is 25.8. The molecule has 0 radical (unpaired) electrons. The first kappa shape index (κ1) is 22.1. The van der Waals surface area contributed by atoms with E-state index in [9.17, 15) is 26.4 Å². The van der Waals surface area contributed by atoms with Crippen molar-refractivity contribution < 1.29 is 35.9 Å². The number of primary sulfonamides is 1. The Morgan fingerprint density at radius 3 is 2.50 bits per heavy atom. The highest BCUT2D eigenvalue weighted by Crippen LogP contribution is 2.23. The van der Waals surface area contributed by atoms with Gasteiger partial charge < -0.3 is 14.4 Å². The van der Waals surface area contributed by atoms with E-state index >= 15 is 0 Å². The molecule has 0 bridgehead atoms. The number of nitrogens with two attached hydrogens (primary N) is 1. The molecule has 10 nitrogen and oxygen atoms in total. The van der Waals surface area contributed by atoms with Gasteiger partial charge in [0.25, 0.3) is 5.91 Å². The van der Waals surface area contributed by atoms with Gasteiger partial charge in [0.05, 0.1) is 23.5 Å². The van der Waals surface area contributed by atoms with Gasteiger partial charge in [-0.3, -0.25) is 4.79 Å². The number of methoxy groups -OCH3 is 1. The van der Waals surface area contributed by atoms with Crippen molar-refractivity contribution in [2.24, 2.45) is 5.14 Å². The summed E-state index contributed by atoms with van der Waals surface area (Å²) < 4.78 is 56.2. The summed E-state index contributed by atoms with van der Waals surface area (Å²) in [5.41, 5.74) is -0.201. The Bertz CT molecular complexity index is 972. The van der Waals surface area contributed by atoms with Gasteiger partial charge in [0.1, 0.15) is 11.3 Å². The van der Waals surface area contributed by atoms with Gasteiger partial charge in [-0.1, -0.05) is 0 Å². The van der Waals surface area contributed by atoms with Crippen LogP contribution in [0.1, 0.15) is 23.7 Å². The first-order valence-corrected chi connectivity index (χ1v) is 11.7. The molecule has 28 heavy (non-hydrogen) atoms. The fraction of sp³-hybridized carbons (Fsp3) is 0.500. The molecule has 1 saturated heterocycles. The van der Waals surface area contributed by atoms with Crippen LogP contribution in [-0.2, 0) is 29.4 Å². The van der Waals surface area contributed by atoms with Gasteiger partial charge in [-0.2, -0.15) is 0 Å². The fourth-order valence-electron chi connectivity index (χ4n) is 2.97. The van der Waals surface area contributed by atoms with E-state index in [-0.39, 0.29) is 34.3 Å². The highest BCUT2D eigenvalue weighted by atomic mass is 32.2. The number of likely N-dealkylation sites (N-methyl/N-ethyl adjacent to an activating group) is 1. The molecule has 1 unspecified atom stereocenters. The number of carbonyl (C=O) groups excluding carboxylic acids is 2. The summed E-state index contributed by atoms with van der Waals surface area (Å²) >= 11 is 0. The summed E-state index contributed by atoms with van der Waals surface area (Å²) in [5, 5.41) is 5.06. The number of sulfonamides is 1. The molecule has 1 fully saturated rings. The average Bonchev–Trinajstić information content (AvgIpc) is 2.98. The van der Waals surface area contributed by atoms with Crippen LogP contribution in [0.4, 0.5) is 0 Å². The molecule has 0 saturated carbocycles. The number of hydrogen-bond acceptors (Lipinski definition) is 8. The molecule has 1 aromatic rings. The SMILES string of the molecule is CCN(C(=O)COC(=O)c1cc(S(N)(=O)=O)ccc1OC)C1CCS(=O)(=O)C1. The molecule has 1 atom stereocenters. The number of amides is 1. The van der Waals surface area contributed by atoms with Gasteiger partial charge in [-0.05, 0) is 31.5 Å². The lowest BCUT2D eigenvalue weighted by molar-refractivity contribution is -0.136. The van der Waals surface area contributed by atoms with Crippen LogP contribution in [0, 0.1) is 0 Å². The zero-order valence-corrected chi connectivity index (χ0v) is 17.1. The molecule has 0 spiro atoms. The summed E-state index contributed by atoms with van der Waals surface area (Å²) in [7, 11) is -5.94. The van der Waals surface area contributed by atoms with Gasteiger partial charge in [-0.15, -0.1) is 0 Å². The quantitative estimate of drug-likeness (QED) is 0.566. The van der Waals surface area contributed by atoms with Gasteiger partial charge in [0.2, 0.25) is 10.0 Å². The van der Waals surface area contributed by atoms with E-state index in [0.29, 0.717) is 6.42 Å². The number of nitrogens with zero attached hydrogens (tertiary/aromatic N) is 1. The number of benzene rings is 1. The second-order valence-corrected chi connectivity index (χ2v) is 10.0. The Balaban J connectivity index is 2.11. The molecule has 1 aliphatic heterocycles. The lowest BCUT2D eigenvalue weighted by Crippen LogP contribution is -2.43. The van der Waals surface area contributed by atoms with Crippen LogP contribution in [0.15, 0.2) is 23.1 Å². The van der Waals surface area contributed by atoms with Crippen molar-refractivity contribution in [2.45, 2.75) is 24.3 Å². The van der Waals surface area contributed by atoms with E-state index in [2.05, 4.69) is 0 Å². The fourth-order valence-corrected chi connectivity index (χ4v) is 5.24. The number of sulfone groups is 1. The lowest BCUT2D eigenvalue weighted by atomic mass is 10.2. The lowest BCUT2D eigenvalue weighted by Gasteiger charge is -2.26. The second-order valence-electron chi connectivity index (χ2n) is 6.22. The minimum absolute atomic E-state index is 0.0127. The Morgan fingerprint density at radius 1 is 1.32 bits per heavy atom. The van der Waals surface area contributed by atoms with Crippen molar-refractivity contribution in [2.75, 3.05) is 31.8 Å². The third-order valence-corrected chi connectivity index (χ3v) is 7.02. The van der Waals surface area contributed by atoms with Crippen LogP contribution in [0.25, 0.3) is 0 Å². The van der Waals surface area contributed by atoms with Gasteiger partial charge in [0.15, 0.2) is 16.4 Å². The number of hydrogen-bond donors (Lipinski definition) is 1. The highest BCUT2D eigenvalue weighted by molar-refractivity contribution is 7.91. The minimum atomic E-state index is -4.05. The first-order chi connectivity index (χ1) is 13.0. The van der Waals surface area contributed by atoms with Crippen molar-refractivity contribution in [3.05, 3.63) is 23.8 Å². The van der Waals surface area contributed by atoms with Crippen LogP contribution in [-0.4, -0.2) is 71.4 Å². The van der Waals surface area contributed by atoms with Crippen LogP contribution >= 0.6 is 0 Å². The van der Waals surface area contributed by atoms with Crippen LogP contribution < -0.4 is 9.88 Å². The number of carbonyl (C=O) groups is 2. The van der Waals surface area contributed by atoms with Crippen molar-refractivity contribution in [3.8, 4) is 5.75 Å². The van der Waals surface area contributed by atoms with Crippen LogP contribution in [0.5, 0.6) is 5.75 Å². The van der Waals surface area contributed by atoms with E-state index in [1.54, 1.807) is 6.92 Å². The topological polar surface area (TPSA) is 150 Å². The predicted octanol–water partition coefficient (Wildman–Crippen LogP) is -0.465. The van der Waals surface area contributed by atoms with E-state index in [1.165, 1.54) is 24.1 Å². The molecule has 156 valence electrons. The molecule has 1 aliphatic rings. The maximum absolute atomic E-state index is 12.4. The first-order valence-electron chi connectivity index (χ1n) is 8.36. The molecule has 2 rings (SSSR count). The van der Waals surface area contributed by atoms with Gasteiger partial charge >= 0.3 is 5.97 Å². The van der Waals surface area contributed by atoms with Gasteiger partial charge in [0, 0.05) is 12.6 Å². The monoisotopic (exact) mass is 434 g/mol. The molecule has 2 N–H and O–H groups in total. The molecular formula is C16H22N2O8S2. The number of ether oxygens (including phenoxy) is 2. The van der Waals surface area contributed by atoms with Crippen molar-refractivity contribution in [1.82, 2.24) is 4.90 Å². The average molecular weight is 434 g/mol. The predicted molar refractivity (Wildman–Crippen MR) is 99.1 cm³/mol. The third kappa shape index (κ3) is 5.20. The molecular weight excluding hydrogens is 412 g/mol. The van der Waals surface area contributed by atoms with Crippen molar-refractivity contribution in [1.29, 1.82) is 0 Å². The standard InChI is InChI=1S/C16H22N2O8S2/c1-3-18(11-6-7-27(21,22)10-11)15(19)9-26-16(20)13-8-12(28(17,23)24)4-5-14(13)25-2/h4-5,8,11H,3,6-7,9-10H2,1-2H3,(H2,17,23,24). The van der Waals surface area contributed by atoms with E-state index in [0.717, 1.165) is 6.07 Å². The molecule has 1 amide bonds. The van der Waals surface area contributed by atoms with Crippen molar-refractivity contribution >= 4 is 31.7 Å². The molecule has 0 aliphatic carbocycles. The Labute approximate surface area is 163 Å². The zero-order chi connectivity index (χ0) is 21.1. The molecule has 1 aromatic carbocycles. The normalized spacial score (nSPS) is 18.5. The summed E-state index contributed by atoms with van der Waals surface area (Å²) in [6.45, 7) is 1.34. The Hall–Kier alpha value is -2.18. The number of esters is 1. The summed E-state index contributed by atoms with van der Waals surface area (Å²) in [6.07, 6.45) is 0.333. The molecule has 12 heteroatoms. The Kier molecular flexibility index (Phi) is 6.67. The number of rotatable bonds is 7. The summed E-state index contributed by atoms with van der Waals surface area (Å²) in [5.74, 6) is -1.56.